The Morgan fingerprint density at radius 3 is 2.62 bits per heavy atom. The van der Waals surface area contributed by atoms with E-state index in [4.69, 9.17) is 0 Å². The summed E-state index contributed by atoms with van der Waals surface area (Å²) < 4.78 is 3.60. The van der Waals surface area contributed by atoms with Gasteiger partial charge >= 0.3 is 0 Å². The third kappa shape index (κ3) is 2.96. The fourth-order valence-electron chi connectivity index (χ4n) is 2.13. The molecule has 2 N–H and O–H groups in total. The van der Waals surface area contributed by atoms with Gasteiger partial charge < -0.3 is 5.32 Å². The van der Waals surface area contributed by atoms with Crippen LogP contribution in [0.5, 0.6) is 0 Å². The zero-order chi connectivity index (χ0) is 14.8. The summed E-state index contributed by atoms with van der Waals surface area (Å²) in [5, 5.41) is 2.78. The first kappa shape index (κ1) is 14.2. The molecular weight excluding hydrogens is 352 g/mol. The first-order valence-electron chi connectivity index (χ1n) is 6.27. The van der Waals surface area contributed by atoms with Crippen molar-refractivity contribution >= 4 is 45.4 Å². The lowest BCUT2D eigenvalue weighted by atomic mass is 9.97. The maximum atomic E-state index is 12.4. The Bertz CT molecular complexity index is 703. The SMILES string of the molecule is O=C1NSc2ccccc2C1C(=O)Nc1ccc(Br)cc1. The van der Waals surface area contributed by atoms with Gasteiger partial charge in [0.05, 0.1) is 0 Å². The van der Waals surface area contributed by atoms with Gasteiger partial charge in [-0.25, -0.2) is 0 Å². The molecule has 0 fully saturated rings. The van der Waals surface area contributed by atoms with Gasteiger partial charge in [0.25, 0.3) is 0 Å². The Labute approximate surface area is 134 Å². The third-order valence-corrected chi connectivity index (χ3v) is 4.55. The largest absolute Gasteiger partial charge is 0.325 e. The number of hydrogen-bond acceptors (Lipinski definition) is 3. The zero-order valence-corrected chi connectivity index (χ0v) is 13.2. The van der Waals surface area contributed by atoms with Crippen LogP contribution >= 0.6 is 27.9 Å². The molecule has 0 radical (unpaired) electrons. The lowest BCUT2D eigenvalue weighted by Crippen LogP contribution is -2.36. The summed E-state index contributed by atoms with van der Waals surface area (Å²) in [5.74, 6) is -1.46. The van der Waals surface area contributed by atoms with E-state index in [9.17, 15) is 9.59 Å². The number of nitrogens with one attached hydrogen (secondary N) is 2. The van der Waals surface area contributed by atoms with E-state index >= 15 is 0 Å². The van der Waals surface area contributed by atoms with Crippen molar-refractivity contribution in [1.82, 2.24) is 4.72 Å². The first-order valence-corrected chi connectivity index (χ1v) is 7.88. The summed E-state index contributed by atoms with van der Waals surface area (Å²) in [6, 6.07) is 14.6. The molecule has 1 aliphatic rings. The van der Waals surface area contributed by atoms with Gasteiger partial charge in [-0.2, -0.15) is 0 Å². The van der Waals surface area contributed by atoms with Crippen LogP contribution in [0.15, 0.2) is 57.9 Å². The lowest BCUT2D eigenvalue weighted by molar-refractivity contribution is -0.128. The van der Waals surface area contributed by atoms with Gasteiger partial charge in [-0.1, -0.05) is 34.1 Å². The molecular formula is C15H11BrN2O2S. The van der Waals surface area contributed by atoms with Gasteiger partial charge in [0.2, 0.25) is 11.8 Å². The number of amides is 2. The van der Waals surface area contributed by atoms with Crippen molar-refractivity contribution in [1.29, 1.82) is 0 Å². The van der Waals surface area contributed by atoms with Gasteiger partial charge in [0.1, 0.15) is 5.92 Å². The number of hydrogen-bond donors (Lipinski definition) is 2. The van der Waals surface area contributed by atoms with Gasteiger partial charge in [-0.15, -0.1) is 0 Å². The molecule has 4 nitrogen and oxygen atoms in total. The van der Waals surface area contributed by atoms with Crippen molar-refractivity contribution in [3.05, 3.63) is 58.6 Å². The van der Waals surface area contributed by atoms with E-state index in [-0.39, 0.29) is 11.8 Å². The molecule has 6 heteroatoms. The number of halogens is 1. The van der Waals surface area contributed by atoms with Crippen LogP contribution in [0.3, 0.4) is 0 Å². The van der Waals surface area contributed by atoms with Gasteiger partial charge in [0, 0.05) is 15.1 Å². The van der Waals surface area contributed by atoms with Crippen molar-refractivity contribution < 1.29 is 9.59 Å². The Balaban J connectivity index is 1.87. The van der Waals surface area contributed by atoms with Crippen molar-refractivity contribution in [2.75, 3.05) is 5.32 Å². The minimum Gasteiger partial charge on any atom is -0.325 e. The Morgan fingerprint density at radius 1 is 1.14 bits per heavy atom. The molecule has 1 heterocycles. The highest BCUT2D eigenvalue weighted by molar-refractivity contribution is 9.10. The number of carbonyl (C=O) groups is 2. The topological polar surface area (TPSA) is 58.2 Å². The number of fused-ring (bicyclic) bond motifs is 1. The van der Waals surface area contributed by atoms with Crippen LogP contribution in [0, 0.1) is 0 Å². The monoisotopic (exact) mass is 362 g/mol. The van der Waals surface area contributed by atoms with Crippen LogP contribution in [-0.4, -0.2) is 11.8 Å². The molecule has 0 spiro atoms. The van der Waals surface area contributed by atoms with Gasteiger partial charge in [-0.3, -0.25) is 14.3 Å². The van der Waals surface area contributed by atoms with E-state index in [0.29, 0.717) is 5.69 Å². The summed E-state index contributed by atoms with van der Waals surface area (Å²) >= 11 is 4.58. The maximum absolute atomic E-state index is 12.4. The highest BCUT2D eigenvalue weighted by atomic mass is 79.9. The Kier molecular flexibility index (Phi) is 3.98. The van der Waals surface area contributed by atoms with Crippen molar-refractivity contribution in [3.8, 4) is 0 Å². The predicted octanol–water partition coefficient (Wildman–Crippen LogP) is 3.31. The van der Waals surface area contributed by atoms with Crippen LogP contribution in [0.2, 0.25) is 0 Å². The molecule has 106 valence electrons. The molecule has 0 aliphatic carbocycles. The molecule has 2 aromatic carbocycles. The van der Waals surface area contributed by atoms with Crippen LogP contribution in [0.4, 0.5) is 5.69 Å². The number of anilines is 1. The minimum atomic E-state index is -0.828. The number of carbonyl (C=O) groups excluding carboxylic acids is 2. The fraction of sp³-hybridized carbons (Fsp3) is 0.0667. The fourth-order valence-corrected chi connectivity index (χ4v) is 3.17. The van der Waals surface area contributed by atoms with E-state index < -0.39 is 5.92 Å². The van der Waals surface area contributed by atoms with Gasteiger partial charge in [0.15, 0.2) is 0 Å². The molecule has 0 saturated heterocycles. The second-order valence-corrected chi connectivity index (χ2v) is 6.30. The normalized spacial score (nSPS) is 16.8. The molecule has 2 amide bonds. The minimum absolute atomic E-state index is 0.298. The van der Waals surface area contributed by atoms with Crippen molar-refractivity contribution in [2.45, 2.75) is 10.8 Å². The van der Waals surface area contributed by atoms with Crippen LogP contribution < -0.4 is 10.0 Å². The smallest absolute Gasteiger partial charge is 0.247 e. The second kappa shape index (κ2) is 5.91. The highest BCUT2D eigenvalue weighted by Crippen LogP contribution is 2.33. The van der Waals surface area contributed by atoms with E-state index in [1.54, 1.807) is 12.1 Å². The molecule has 3 rings (SSSR count). The second-order valence-electron chi connectivity index (χ2n) is 4.54. The van der Waals surface area contributed by atoms with Crippen molar-refractivity contribution in [3.63, 3.8) is 0 Å². The van der Waals surface area contributed by atoms with E-state index in [1.807, 2.05) is 36.4 Å². The van der Waals surface area contributed by atoms with E-state index in [1.165, 1.54) is 11.9 Å². The summed E-state index contributed by atoms with van der Waals surface area (Å²) in [6.45, 7) is 0. The molecule has 2 aromatic rings. The third-order valence-electron chi connectivity index (χ3n) is 3.13. The molecule has 1 atom stereocenters. The molecule has 1 unspecified atom stereocenters. The zero-order valence-electron chi connectivity index (χ0n) is 10.8. The first-order chi connectivity index (χ1) is 10.1. The number of rotatable bonds is 2. The van der Waals surface area contributed by atoms with Gasteiger partial charge in [-0.05, 0) is 47.8 Å². The Hall–Kier alpha value is -1.79. The summed E-state index contributed by atoms with van der Waals surface area (Å²) in [4.78, 5) is 25.4. The standard InChI is InChI=1S/C15H11BrN2O2S/c16-9-5-7-10(8-6-9)17-14(19)13-11-3-1-2-4-12(11)21-18-15(13)20/h1-8,13H,(H,17,19)(H,18,20). The molecule has 1 aliphatic heterocycles. The number of benzene rings is 2. The average molecular weight is 363 g/mol. The maximum Gasteiger partial charge on any atom is 0.247 e. The van der Waals surface area contributed by atoms with E-state index in [0.717, 1.165) is 14.9 Å². The summed E-state index contributed by atoms with van der Waals surface area (Å²) in [7, 11) is 0. The highest BCUT2D eigenvalue weighted by Gasteiger charge is 2.34. The predicted molar refractivity (Wildman–Crippen MR) is 86.0 cm³/mol. The van der Waals surface area contributed by atoms with Crippen LogP contribution in [-0.2, 0) is 9.59 Å². The molecule has 0 bridgehead atoms. The van der Waals surface area contributed by atoms with Crippen LogP contribution in [0.25, 0.3) is 0 Å². The Morgan fingerprint density at radius 2 is 1.86 bits per heavy atom. The van der Waals surface area contributed by atoms with Crippen LogP contribution in [0.1, 0.15) is 11.5 Å². The van der Waals surface area contributed by atoms with Crippen molar-refractivity contribution in [2.24, 2.45) is 0 Å². The molecule has 21 heavy (non-hydrogen) atoms. The van der Waals surface area contributed by atoms with E-state index in [2.05, 4.69) is 26.0 Å². The quantitative estimate of drug-likeness (QED) is 0.636. The summed E-state index contributed by atoms with van der Waals surface area (Å²) in [6.07, 6.45) is 0. The molecule has 0 saturated carbocycles. The summed E-state index contributed by atoms with van der Waals surface area (Å²) in [5.41, 5.74) is 1.40. The molecule has 0 aromatic heterocycles. The average Bonchev–Trinajstić information content (AvgIpc) is 2.49. The lowest BCUT2D eigenvalue weighted by Gasteiger charge is -2.23.